The van der Waals surface area contributed by atoms with Gasteiger partial charge in [-0.3, -0.25) is 9.89 Å². The minimum atomic E-state index is 0.0976. The van der Waals surface area contributed by atoms with Crippen LogP contribution in [0.5, 0.6) is 5.75 Å². The number of hydrogen-bond donors (Lipinski definition) is 3. The summed E-state index contributed by atoms with van der Waals surface area (Å²) in [5.41, 5.74) is 1.74. The molecule has 2 aromatic heterocycles. The zero-order chi connectivity index (χ0) is 22.7. The van der Waals surface area contributed by atoms with Crippen molar-refractivity contribution in [1.29, 1.82) is 0 Å². The van der Waals surface area contributed by atoms with Crippen molar-refractivity contribution < 1.29 is 9.53 Å². The quantitative estimate of drug-likeness (QED) is 0.414. The van der Waals surface area contributed by atoms with Gasteiger partial charge in [0.2, 0.25) is 11.7 Å². The highest BCUT2D eigenvalue weighted by molar-refractivity contribution is 7.99. The van der Waals surface area contributed by atoms with E-state index in [4.69, 9.17) is 9.72 Å². The van der Waals surface area contributed by atoms with Crippen molar-refractivity contribution in [3.63, 3.8) is 0 Å². The van der Waals surface area contributed by atoms with Crippen LogP contribution in [0.3, 0.4) is 0 Å². The molecule has 32 heavy (non-hydrogen) atoms. The largest absolute Gasteiger partial charge is 0.490 e. The third-order valence-corrected chi connectivity index (χ3v) is 5.97. The maximum atomic E-state index is 12.0. The molecule has 1 fully saturated rings. The van der Waals surface area contributed by atoms with Gasteiger partial charge in [-0.2, -0.15) is 5.10 Å². The number of amides is 1. The second kappa shape index (κ2) is 9.47. The van der Waals surface area contributed by atoms with Crippen LogP contribution in [0.25, 0.3) is 0 Å². The van der Waals surface area contributed by atoms with Gasteiger partial charge in [-0.15, -0.1) is 0 Å². The fourth-order valence-electron chi connectivity index (χ4n) is 3.05. The number of hydrogen-bond acceptors (Lipinski definition) is 8. The van der Waals surface area contributed by atoms with Crippen molar-refractivity contribution in [3.8, 4) is 5.75 Å². The highest BCUT2D eigenvalue weighted by Crippen LogP contribution is 2.38. The molecule has 1 aliphatic rings. The Hall–Kier alpha value is -3.27. The summed E-state index contributed by atoms with van der Waals surface area (Å²) in [5, 5.41) is 13.9. The number of ether oxygens (including phenoxy) is 1. The highest BCUT2D eigenvalue weighted by Gasteiger charge is 2.29. The minimum Gasteiger partial charge on any atom is -0.490 e. The lowest BCUT2D eigenvalue weighted by Gasteiger charge is -2.21. The van der Waals surface area contributed by atoms with Crippen molar-refractivity contribution in [1.82, 2.24) is 20.2 Å². The number of benzene rings is 1. The number of methoxy groups -OCH3 is 1. The summed E-state index contributed by atoms with van der Waals surface area (Å²) in [6.45, 7) is 4.74. The molecule has 0 bridgehead atoms. The third kappa shape index (κ3) is 5.13. The van der Waals surface area contributed by atoms with Gasteiger partial charge in [-0.25, -0.2) is 9.97 Å². The fourth-order valence-corrected chi connectivity index (χ4v) is 3.80. The Morgan fingerprint density at radius 1 is 1.28 bits per heavy atom. The Morgan fingerprint density at radius 3 is 2.62 bits per heavy atom. The second-order valence-electron chi connectivity index (χ2n) is 7.68. The van der Waals surface area contributed by atoms with Gasteiger partial charge < -0.3 is 20.3 Å². The van der Waals surface area contributed by atoms with Crippen LogP contribution in [0, 0.1) is 12.8 Å². The average Bonchev–Trinajstić information content (AvgIpc) is 3.57. The lowest BCUT2D eigenvalue weighted by atomic mass is 10.3. The van der Waals surface area contributed by atoms with Gasteiger partial charge in [-0.1, -0.05) is 0 Å². The first kappa shape index (κ1) is 21.9. The van der Waals surface area contributed by atoms with Gasteiger partial charge in [0.25, 0.3) is 0 Å². The van der Waals surface area contributed by atoms with Crippen LogP contribution in [0.15, 0.2) is 40.4 Å². The van der Waals surface area contributed by atoms with Crippen molar-refractivity contribution in [2.45, 2.75) is 36.7 Å². The van der Waals surface area contributed by atoms with E-state index in [0.29, 0.717) is 28.4 Å². The maximum absolute atomic E-state index is 12.0. The predicted octanol–water partition coefficient (Wildman–Crippen LogP) is 4.22. The summed E-state index contributed by atoms with van der Waals surface area (Å²) < 4.78 is 5.64. The smallest absolute Gasteiger partial charge is 0.227 e. The van der Waals surface area contributed by atoms with E-state index in [-0.39, 0.29) is 11.8 Å². The van der Waals surface area contributed by atoms with Crippen LogP contribution in [0.1, 0.15) is 25.5 Å². The van der Waals surface area contributed by atoms with E-state index >= 15 is 0 Å². The minimum absolute atomic E-state index is 0.0976. The van der Waals surface area contributed by atoms with Gasteiger partial charge >= 0.3 is 0 Å². The summed E-state index contributed by atoms with van der Waals surface area (Å²) in [4.78, 5) is 24.4. The normalized spacial score (nSPS) is 13.0. The highest BCUT2D eigenvalue weighted by atomic mass is 32.2. The van der Waals surface area contributed by atoms with Crippen molar-refractivity contribution >= 4 is 40.8 Å². The molecule has 1 aliphatic carbocycles. The number of carbonyl (C=O) groups is 1. The fraction of sp³-hybridized carbons (Fsp3) is 0.364. The number of nitrogens with zero attached hydrogens (tertiary/aromatic N) is 4. The Kier molecular flexibility index (Phi) is 6.50. The topological polar surface area (TPSA) is 108 Å². The Morgan fingerprint density at radius 2 is 2.03 bits per heavy atom. The van der Waals surface area contributed by atoms with Gasteiger partial charge in [0.1, 0.15) is 0 Å². The SMILES string of the molecule is CCN(C)c1nc(Sc2ccc(NC(=O)C3CC3)cc2)nc(Nc2cc(C)[nH]n2)c1OC. The van der Waals surface area contributed by atoms with Gasteiger partial charge in [0, 0.05) is 41.9 Å². The van der Waals surface area contributed by atoms with E-state index in [1.165, 1.54) is 11.8 Å². The second-order valence-corrected chi connectivity index (χ2v) is 8.72. The van der Waals surface area contributed by atoms with Crippen LogP contribution < -0.4 is 20.3 Å². The molecule has 3 aromatic rings. The monoisotopic (exact) mass is 453 g/mol. The van der Waals surface area contributed by atoms with Crippen LogP contribution in [0.2, 0.25) is 0 Å². The summed E-state index contributed by atoms with van der Waals surface area (Å²) in [6.07, 6.45) is 1.97. The summed E-state index contributed by atoms with van der Waals surface area (Å²) in [5.74, 6) is 2.71. The lowest BCUT2D eigenvalue weighted by Crippen LogP contribution is -2.19. The predicted molar refractivity (Wildman–Crippen MR) is 126 cm³/mol. The lowest BCUT2D eigenvalue weighted by molar-refractivity contribution is -0.117. The van der Waals surface area contributed by atoms with Crippen LogP contribution >= 0.6 is 11.8 Å². The number of aromatic amines is 1. The summed E-state index contributed by atoms with van der Waals surface area (Å²) in [7, 11) is 3.56. The number of rotatable bonds is 9. The number of aromatic nitrogens is 4. The number of aryl methyl sites for hydroxylation is 1. The number of anilines is 4. The van der Waals surface area contributed by atoms with Crippen LogP contribution in [-0.4, -0.2) is 46.8 Å². The van der Waals surface area contributed by atoms with E-state index in [1.807, 2.05) is 56.1 Å². The molecular weight excluding hydrogens is 426 g/mol. The molecule has 0 spiro atoms. The molecule has 10 heteroatoms. The molecule has 0 radical (unpaired) electrons. The van der Waals surface area contributed by atoms with Crippen molar-refractivity contribution in [2.24, 2.45) is 5.92 Å². The zero-order valence-corrected chi connectivity index (χ0v) is 19.4. The van der Waals surface area contributed by atoms with E-state index < -0.39 is 0 Å². The molecule has 1 saturated carbocycles. The number of H-pyrrole nitrogens is 1. The summed E-state index contributed by atoms with van der Waals surface area (Å²) >= 11 is 1.44. The van der Waals surface area contributed by atoms with E-state index in [1.54, 1.807) is 7.11 Å². The molecule has 2 heterocycles. The summed E-state index contributed by atoms with van der Waals surface area (Å²) in [6, 6.07) is 9.60. The molecule has 4 rings (SSSR count). The van der Waals surface area contributed by atoms with Gasteiger partial charge in [0.15, 0.2) is 22.6 Å². The standard InChI is InChI=1S/C22H27N7O2S/c1-5-29(3)20-18(31-4)19(24-17-12-13(2)27-28-17)25-22(26-20)32-16-10-8-15(9-11-16)23-21(30)14-6-7-14/h8-12,14H,5-7H2,1-4H3,(H,23,30)(H2,24,25,26,27,28). The average molecular weight is 454 g/mol. The molecule has 0 unspecified atom stereocenters. The Balaban J connectivity index is 1.59. The molecular formula is C22H27N7O2S. The van der Waals surface area contributed by atoms with Crippen molar-refractivity contribution in [3.05, 3.63) is 36.0 Å². The maximum Gasteiger partial charge on any atom is 0.227 e. The van der Waals surface area contributed by atoms with E-state index in [0.717, 1.165) is 35.7 Å². The molecule has 1 amide bonds. The molecule has 0 atom stereocenters. The molecule has 1 aromatic carbocycles. The van der Waals surface area contributed by atoms with Crippen LogP contribution in [0.4, 0.5) is 23.1 Å². The Labute approximate surface area is 191 Å². The molecule has 0 aliphatic heterocycles. The van der Waals surface area contributed by atoms with Gasteiger partial charge in [0.05, 0.1) is 7.11 Å². The number of carbonyl (C=O) groups excluding carboxylic acids is 1. The first-order chi connectivity index (χ1) is 15.5. The molecule has 3 N–H and O–H groups in total. The van der Waals surface area contributed by atoms with Crippen LogP contribution in [-0.2, 0) is 4.79 Å². The molecule has 168 valence electrons. The van der Waals surface area contributed by atoms with E-state index in [9.17, 15) is 4.79 Å². The molecule has 0 saturated heterocycles. The third-order valence-electron chi connectivity index (χ3n) is 5.10. The Bertz CT molecular complexity index is 1100. The van der Waals surface area contributed by atoms with Gasteiger partial charge in [-0.05, 0) is 62.7 Å². The van der Waals surface area contributed by atoms with E-state index in [2.05, 4.69) is 25.8 Å². The first-order valence-electron chi connectivity index (χ1n) is 10.5. The molecule has 9 nitrogen and oxygen atoms in total. The first-order valence-corrected chi connectivity index (χ1v) is 11.3. The number of nitrogens with one attached hydrogen (secondary N) is 3. The van der Waals surface area contributed by atoms with Crippen molar-refractivity contribution in [2.75, 3.05) is 36.2 Å². The zero-order valence-electron chi connectivity index (χ0n) is 18.6.